The molecule has 4 nitrogen and oxygen atoms in total. The average Bonchev–Trinajstić information content (AvgIpc) is 1.94. The van der Waals surface area contributed by atoms with Crippen molar-refractivity contribution in [2.24, 2.45) is 0 Å². The molecule has 2 N–H and O–H groups in total. The van der Waals surface area contributed by atoms with Gasteiger partial charge in [-0.2, -0.15) is 8.42 Å². The van der Waals surface area contributed by atoms with Gasteiger partial charge in [-0.25, -0.2) is 0 Å². The van der Waals surface area contributed by atoms with E-state index in [0.717, 1.165) is 6.42 Å². The summed E-state index contributed by atoms with van der Waals surface area (Å²) in [7, 11) is -3.67. The third kappa shape index (κ3) is 40.7. The molecule has 0 unspecified atom stereocenters. The van der Waals surface area contributed by atoms with E-state index in [1.807, 2.05) is 6.92 Å². The molecule has 0 amide bonds. The number of aliphatic hydroxyl groups is 1. The molecule has 0 aromatic heterocycles. The van der Waals surface area contributed by atoms with E-state index >= 15 is 0 Å². The number of hydrogen-bond donors (Lipinski definition) is 2. The van der Waals surface area contributed by atoms with Gasteiger partial charge < -0.3 is 5.11 Å². The Hall–Kier alpha value is -0.130. The van der Waals surface area contributed by atoms with Crippen LogP contribution in [0.3, 0.4) is 0 Å². The van der Waals surface area contributed by atoms with Gasteiger partial charge in [0, 0.05) is 0 Å². The fraction of sp³-hybridized carbons (Fsp3) is 1.00. The Kier molecular flexibility index (Phi) is 11.0. The molecule has 5 heteroatoms. The summed E-state index contributed by atoms with van der Waals surface area (Å²) in [5, 5.41) is 8.85. The van der Waals surface area contributed by atoms with Gasteiger partial charge in [0.05, 0.1) is 12.4 Å². The molecule has 0 bridgehead atoms. The molecule has 0 aliphatic heterocycles. The summed E-state index contributed by atoms with van der Waals surface area (Å²) in [5.74, 6) is 0. The van der Waals surface area contributed by atoms with E-state index in [1.54, 1.807) is 0 Å². The molecule has 0 aromatic carbocycles. The van der Waals surface area contributed by atoms with Crippen LogP contribution in [0.15, 0.2) is 0 Å². The number of aliphatic hydroxyl groups excluding tert-OH is 1. The molecule has 0 spiro atoms. The monoisotopic (exact) mass is 226 g/mol. The second kappa shape index (κ2) is 9.43. The lowest BCUT2D eigenvalue weighted by Crippen LogP contribution is -1.97. The van der Waals surface area contributed by atoms with Crippen molar-refractivity contribution < 1.29 is 18.1 Å². The predicted molar refractivity (Wildman–Crippen MR) is 57.9 cm³/mol. The van der Waals surface area contributed by atoms with Crippen LogP contribution < -0.4 is 0 Å². The van der Waals surface area contributed by atoms with Crippen LogP contribution in [0, 0.1) is 0 Å². The smallest absolute Gasteiger partial charge is 0.261 e. The minimum absolute atomic E-state index is 0.0955. The maximum Gasteiger partial charge on any atom is 0.261 e. The summed E-state index contributed by atoms with van der Waals surface area (Å²) in [6.45, 7) is 4.05. The molecule has 0 fully saturated rings. The van der Waals surface area contributed by atoms with Crippen molar-refractivity contribution in [2.75, 3.05) is 6.26 Å². The van der Waals surface area contributed by atoms with Gasteiger partial charge in [-0.1, -0.05) is 32.6 Å². The second-order valence-electron chi connectivity index (χ2n) is 3.43. The standard InChI is InChI=1S/C8H18O.CH4O3S/c1-3-4-5-6-7-8(2)9;1-5(2,3)4/h8-9H,3-7H2,1-2H3;1H3,(H,2,3,4)/t8-;/m1./s1. The molecular formula is C9H22O4S. The number of unbranched alkanes of at least 4 members (excludes halogenated alkanes) is 3. The van der Waals surface area contributed by atoms with E-state index in [9.17, 15) is 8.42 Å². The van der Waals surface area contributed by atoms with Crippen LogP contribution in [-0.4, -0.2) is 30.4 Å². The first-order valence-electron chi connectivity index (χ1n) is 4.88. The van der Waals surface area contributed by atoms with Crippen LogP contribution >= 0.6 is 0 Å². The van der Waals surface area contributed by atoms with Gasteiger partial charge in [0.2, 0.25) is 0 Å². The summed E-state index contributed by atoms with van der Waals surface area (Å²) in [6, 6.07) is 0. The zero-order chi connectivity index (χ0) is 11.6. The molecule has 14 heavy (non-hydrogen) atoms. The fourth-order valence-corrected chi connectivity index (χ4v) is 0.867. The van der Waals surface area contributed by atoms with E-state index in [2.05, 4.69) is 6.92 Å². The van der Waals surface area contributed by atoms with Crippen LogP contribution in [0.25, 0.3) is 0 Å². The van der Waals surface area contributed by atoms with Crippen molar-refractivity contribution in [3.8, 4) is 0 Å². The van der Waals surface area contributed by atoms with Crippen molar-refractivity contribution in [3.05, 3.63) is 0 Å². The molecule has 0 heterocycles. The summed E-state index contributed by atoms with van der Waals surface area (Å²) in [6.07, 6.45) is 6.65. The predicted octanol–water partition coefficient (Wildman–Crippen LogP) is 1.84. The molecule has 88 valence electrons. The highest BCUT2D eigenvalue weighted by Crippen LogP contribution is 2.04. The normalized spacial score (nSPS) is 12.9. The Morgan fingerprint density at radius 3 is 1.93 bits per heavy atom. The van der Waals surface area contributed by atoms with Crippen molar-refractivity contribution in [1.82, 2.24) is 0 Å². The molecule has 0 aromatic rings. The van der Waals surface area contributed by atoms with Gasteiger partial charge in [0.25, 0.3) is 10.1 Å². The third-order valence-electron chi connectivity index (χ3n) is 1.48. The zero-order valence-electron chi connectivity index (χ0n) is 9.23. The van der Waals surface area contributed by atoms with Crippen LogP contribution in [0.5, 0.6) is 0 Å². The Balaban J connectivity index is 0. The minimum atomic E-state index is -3.67. The minimum Gasteiger partial charge on any atom is -0.393 e. The largest absolute Gasteiger partial charge is 0.393 e. The van der Waals surface area contributed by atoms with Gasteiger partial charge >= 0.3 is 0 Å². The highest BCUT2D eigenvalue weighted by atomic mass is 32.2. The lowest BCUT2D eigenvalue weighted by atomic mass is 10.1. The van der Waals surface area contributed by atoms with E-state index < -0.39 is 10.1 Å². The summed E-state index contributed by atoms with van der Waals surface area (Å²) in [5.41, 5.74) is 0. The SMILES string of the molecule is CCCCCC[C@@H](C)O.CS(=O)(=O)O. The summed E-state index contributed by atoms with van der Waals surface area (Å²) < 4.78 is 25.9. The number of rotatable bonds is 5. The summed E-state index contributed by atoms with van der Waals surface area (Å²) in [4.78, 5) is 0. The highest BCUT2D eigenvalue weighted by molar-refractivity contribution is 7.85. The Morgan fingerprint density at radius 1 is 1.21 bits per heavy atom. The van der Waals surface area contributed by atoms with Crippen LogP contribution in [0.2, 0.25) is 0 Å². The van der Waals surface area contributed by atoms with Crippen LogP contribution in [0.1, 0.15) is 46.0 Å². The van der Waals surface area contributed by atoms with Crippen molar-refractivity contribution in [2.45, 2.75) is 52.1 Å². The Bertz CT molecular complexity index is 189. The highest BCUT2D eigenvalue weighted by Gasteiger charge is 1.93. The van der Waals surface area contributed by atoms with Gasteiger partial charge in [0.15, 0.2) is 0 Å². The maximum atomic E-state index is 9.19. The van der Waals surface area contributed by atoms with E-state index in [0.29, 0.717) is 6.26 Å². The van der Waals surface area contributed by atoms with Gasteiger partial charge in [-0.05, 0) is 13.3 Å². The quantitative estimate of drug-likeness (QED) is 0.554. The van der Waals surface area contributed by atoms with Crippen molar-refractivity contribution in [3.63, 3.8) is 0 Å². The molecular weight excluding hydrogens is 204 g/mol. The lowest BCUT2D eigenvalue weighted by molar-refractivity contribution is 0.180. The first-order chi connectivity index (χ1) is 6.27. The molecule has 0 radical (unpaired) electrons. The van der Waals surface area contributed by atoms with E-state index in [4.69, 9.17) is 9.66 Å². The van der Waals surface area contributed by atoms with Crippen molar-refractivity contribution in [1.29, 1.82) is 0 Å². The maximum absolute atomic E-state index is 9.19. The molecule has 0 aliphatic rings. The Morgan fingerprint density at radius 2 is 1.64 bits per heavy atom. The van der Waals surface area contributed by atoms with Gasteiger partial charge in [-0.3, -0.25) is 4.55 Å². The molecule has 0 saturated carbocycles. The zero-order valence-corrected chi connectivity index (χ0v) is 10.0. The summed E-state index contributed by atoms with van der Waals surface area (Å²) >= 11 is 0. The molecule has 0 aliphatic carbocycles. The van der Waals surface area contributed by atoms with Gasteiger partial charge in [-0.15, -0.1) is 0 Å². The Labute approximate surface area is 87.1 Å². The molecule has 0 saturated heterocycles. The van der Waals surface area contributed by atoms with E-state index in [1.165, 1.54) is 25.7 Å². The van der Waals surface area contributed by atoms with Crippen LogP contribution in [-0.2, 0) is 10.1 Å². The first kappa shape index (κ1) is 16.3. The van der Waals surface area contributed by atoms with E-state index in [-0.39, 0.29) is 6.10 Å². The topological polar surface area (TPSA) is 74.6 Å². The third-order valence-corrected chi connectivity index (χ3v) is 1.48. The second-order valence-corrected chi connectivity index (χ2v) is 4.90. The van der Waals surface area contributed by atoms with Gasteiger partial charge in [0.1, 0.15) is 0 Å². The first-order valence-corrected chi connectivity index (χ1v) is 6.72. The number of hydrogen-bond acceptors (Lipinski definition) is 3. The molecule has 0 rings (SSSR count). The lowest BCUT2D eigenvalue weighted by Gasteiger charge is -2.01. The fourth-order valence-electron chi connectivity index (χ4n) is 0.867. The average molecular weight is 226 g/mol. The molecule has 1 atom stereocenters. The van der Waals surface area contributed by atoms with Crippen molar-refractivity contribution >= 4 is 10.1 Å². The van der Waals surface area contributed by atoms with Crippen LogP contribution in [0.4, 0.5) is 0 Å².